The highest BCUT2D eigenvalue weighted by Crippen LogP contribution is 2.24. The second-order valence-electron chi connectivity index (χ2n) is 4.86. The lowest BCUT2D eigenvalue weighted by Crippen LogP contribution is -2.42. The minimum absolute atomic E-state index is 0.0978. The molecule has 108 valence electrons. The number of halogens is 1. The summed E-state index contributed by atoms with van der Waals surface area (Å²) >= 11 is 6.00. The summed E-state index contributed by atoms with van der Waals surface area (Å²) in [7, 11) is 0. The van der Waals surface area contributed by atoms with E-state index in [9.17, 15) is 4.79 Å². The van der Waals surface area contributed by atoms with E-state index in [2.05, 4.69) is 4.98 Å². The molecule has 1 unspecified atom stereocenters. The molecule has 1 aliphatic heterocycles. The summed E-state index contributed by atoms with van der Waals surface area (Å²) in [5, 5.41) is 0.241. The fraction of sp³-hybridized carbons (Fsp3) is 0.250. The van der Waals surface area contributed by atoms with Crippen LogP contribution in [0.25, 0.3) is 0 Å². The van der Waals surface area contributed by atoms with E-state index < -0.39 is 0 Å². The SMILES string of the molecule is O=C(c1cccnc1Cl)N1CCOC(c2ccccc2)C1. The Morgan fingerprint density at radius 2 is 2.05 bits per heavy atom. The molecule has 1 amide bonds. The molecular weight excluding hydrogens is 288 g/mol. The van der Waals surface area contributed by atoms with Gasteiger partial charge in [0.1, 0.15) is 11.3 Å². The summed E-state index contributed by atoms with van der Waals surface area (Å²) in [5.41, 5.74) is 1.51. The number of carbonyl (C=O) groups excluding carboxylic acids is 1. The highest BCUT2D eigenvalue weighted by atomic mass is 35.5. The summed E-state index contributed by atoms with van der Waals surface area (Å²) in [6, 6.07) is 13.3. The molecule has 0 bridgehead atoms. The van der Waals surface area contributed by atoms with Crippen LogP contribution in [0.1, 0.15) is 22.0 Å². The monoisotopic (exact) mass is 302 g/mol. The molecule has 1 aromatic carbocycles. The zero-order valence-electron chi connectivity index (χ0n) is 11.4. The van der Waals surface area contributed by atoms with Crippen LogP contribution < -0.4 is 0 Å². The number of pyridine rings is 1. The van der Waals surface area contributed by atoms with Gasteiger partial charge in [-0.05, 0) is 17.7 Å². The zero-order chi connectivity index (χ0) is 14.7. The number of carbonyl (C=O) groups is 1. The molecule has 0 radical (unpaired) electrons. The lowest BCUT2D eigenvalue weighted by molar-refractivity contribution is -0.0228. The van der Waals surface area contributed by atoms with Crippen LogP contribution in [0.15, 0.2) is 48.7 Å². The molecule has 5 heteroatoms. The Morgan fingerprint density at radius 1 is 1.24 bits per heavy atom. The second-order valence-corrected chi connectivity index (χ2v) is 5.22. The Morgan fingerprint density at radius 3 is 2.81 bits per heavy atom. The van der Waals surface area contributed by atoms with E-state index in [-0.39, 0.29) is 17.2 Å². The summed E-state index contributed by atoms with van der Waals surface area (Å²) in [4.78, 5) is 18.3. The first-order valence-electron chi connectivity index (χ1n) is 6.82. The van der Waals surface area contributed by atoms with Crippen molar-refractivity contribution in [2.24, 2.45) is 0 Å². The largest absolute Gasteiger partial charge is 0.370 e. The highest BCUT2D eigenvalue weighted by Gasteiger charge is 2.27. The van der Waals surface area contributed by atoms with Crippen molar-refractivity contribution in [2.75, 3.05) is 19.7 Å². The maximum absolute atomic E-state index is 12.5. The van der Waals surface area contributed by atoms with E-state index in [0.717, 1.165) is 5.56 Å². The van der Waals surface area contributed by atoms with Crippen molar-refractivity contribution in [2.45, 2.75) is 6.10 Å². The quantitative estimate of drug-likeness (QED) is 0.801. The van der Waals surface area contributed by atoms with Crippen LogP contribution in [0.4, 0.5) is 0 Å². The lowest BCUT2D eigenvalue weighted by atomic mass is 10.1. The van der Waals surface area contributed by atoms with Gasteiger partial charge >= 0.3 is 0 Å². The van der Waals surface area contributed by atoms with E-state index in [1.165, 1.54) is 0 Å². The van der Waals surface area contributed by atoms with E-state index in [1.807, 2.05) is 30.3 Å². The number of morpholine rings is 1. The van der Waals surface area contributed by atoms with Gasteiger partial charge in [-0.3, -0.25) is 4.79 Å². The van der Waals surface area contributed by atoms with Crippen molar-refractivity contribution in [3.8, 4) is 0 Å². The van der Waals surface area contributed by atoms with Crippen molar-refractivity contribution in [3.63, 3.8) is 0 Å². The molecule has 0 aliphatic carbocycles. The Labute approximate surface area is 128 Å². The van der Waals surface area contributed by atoms with Gasteiger partial charge in [-0.15, -0.1) is 0 Å². The number of rotatable bonds is 2. The van der Waals surface area contributed by atoms with Crippen molar-refractivity contribution in [1.82, 2.24) is 9.88 Å². The molecule has 4 nitrogen and oxygen atoms in total. The molecule has 1 fully saturated rings. The summed E-state index contributed by atoms with van der Waals surface area (Å²) in [5.74, 6) is -0.0997. The molecule has 2 heterocycles. The van der Waals surface area contributed by atoms with Crippen molar-refractivity contribution < 1.29 is 9.53 Å². The third-order valence-corrected chi connectivity index (χ3v) is 3.82. The molecule has 1 aromatic heterocycles. The van der Waals surface area contributed by atoms with Crippen molar-refractivity contribution in [1.29, 1.82) is 0 Å². The number of benzene rings is 1. The van der Waals surface area contributed by atoms with Gasteiger partial charge in [-0.2, -0.15) is 0 Å². The number of ether oxygens (including phenoxy) is 1. The molecule has 1 atom stereocenters. The molecule has 1 aliphatic rings. The van der Waals surface area contributed by atoms with Crippen LogP contribution in [0.5, 0.6) is 0 Å². The maximum Gasteiger partial charge on any atom is 0.257 e. The van der Waals surface area contributed by atoms with E-state index in [0.29, 0.717) is 25.3 Å². The van der Waals surface area contributed by atoms with Crippen LogP contribution in [0.3, 0.4) is 0 Å². The van der Waals surface area contributed by atoms with Crippen LogP contribution in [-0.2, 0) is 4.74 Å². The minimum atomic E-state index is -0.0997. The van der Waals surface area contributed by atoms with Crippen LogP contribution in [0.2, 0.25) is 5.15 Å². The molecule has 21 heavy (non-hydrogen) atoms. The summed E-state index contributed by atoms with van der Waals surface area (Å²) in [6.45, 7) is 1.60. The molecule has 0 N–H and O–H groups in total. The topological polar surface area (TPSA) is 42.4 Å². The lowest BCUT2D eigenvalue weighted by Gasteiger charge is -2.33. The Bertz CT molecular complexity index is 633. The minimum Gasteiger partial charge on any atom is -0.370 e. The van der Waals surface area contributed by atoms with Gasteiger partial charge in [-0.25, -0.2) is 4.98 Å². The first kappa shape index (κ1) is 14.0. The van der Waals surface area contributed by atoms with Gasteiger partial charge in [0, 0.05) is 12.7 Å². The third kappa shape index (κ3) is 3.06. The van der Waals surface area contributed by atoms with E-state index in [4.69, 9.17) is 16.3 Å². The average Bonchev–Trinajstić information content (AvgIpc) is 2.56. The Balaban J connectivity index is 1.77. The summed E-state index contributed by atoms with van der Waals surface area (Å²) in [6.07, 6.45) is 1.48. The van der Waals surface area contributed by atoms with Gasteiger partial charge < -0.3 is 9.64 Å². The molecule has 1 saturated heterocycles. The molecule has 3 rings (SSSR count). The van der Waals surface area contributed by atoms with Crippen molar-refractivity contribution >= 4 is 17.5 Å². The highest BCUT2D eigenvalue weighted by molar-refractivity contribution is 6.32. The van der Waals surface area contributed by atoms with Gasteiger partial charge in [0.05, 0.1) is 18.7 Å². The second kappa shape index (κ2) is 6.24. The number of hydrogen-bond donors (Lipinski definition) is 0. The van der Waals surface area contributed by atoms with Gasteiger partial charge in [0.2, 0.25) is 0 Å². The standard InChI is InChI=1S/C16H15ClN2O2/c17-15-13(7-4-8-18-15)16(20)19-9-10-21-14(11-19)12-5-2-1-3-6-12/h1-8,14H,9-11H2. The first-order chi connectivity index (χ1) is 10.3. The predicted molar refractivity (Wildman–Crippen MR) is 80.3 cm³/mol. The molecule has 0 spiro atoms. The molecule has 2 aromatic rings. The number of aromatic nitrogens is 1. The van der Waals surface area contributed by atoms with Gasteiger partial charge in [-0.1, -0.05) is 41.9 Å². The number of amides is 1. The Kier molecular flexibility index (Phi) is 4.18. The van der Waals surface area contributed by atoms with Crippen LogP contribution in [-0.4, -0.2) is 35.5 Å². The fourth-order valence-corrected chi connectivity index (χ4v) is 2.62. The zero-order valence-corrected chi connectivity index (χ0v) is 12.2. The predicted octanol–water partition coefficient (Wildman–Crippen LogP) is 2.95. The molecule has 0 saturated carbocycles. The number of hydrogen-bond acceptors (Lipinski definition) is 3. The van der Waals surface area contributed by atoms with E-state index >= 15 is 0 Å². The Hall–Kier alpha value is -1.91. The smallest absolute Gasteiger partial charge is 0.257 e. The summed E-state index contributed by atoms with van der Waals surface area (Å²) < 4.78 is 5.77. The normalized spacial score (nSPS) is 18.5. The first-order valence-corrected chi connectivity index (χ1v) is 7.20. The third-order valence-electron chi connectivity index (χ3n) is 3.51. The van der Waals surface area contributed by atoms with Crippen LogP contribution in [0, 0.1) is 0 Å². The van der Waals surface area contributed by atoms with Gasteiger partial charge in [0.25, 0.3) is 5.91 Å². The number of nitrogens with zero attached hydrogens (tertiary/aromatic N) is 2. The van der Waals surface area contributed by atoms with E-state index in [1.54, 1.807) is 23.2 Å². The fourth-order valence-electron chi connectivity index (χ4n) is 2.42. The molecular formula is C16H15ClN2O2. The van der Waals surface area contributed by atoms with Crippen molar-refractivity contribution in [3.05, 3.63) is 64.9 Å². The maximum atomic E-state index is 12.5. The van der Waals surface area contributed by atoms with Crippen LogP contribution >= 0.6 is 11.6 Å². The van der Waals surface area contributed by atoms with Gasteiger partial charge in [0.15, 0.2) is 0 Å². The average molecular weight is 303 g/mol.